The lowest BCUT2D eigenvalue weighted by atomic mass is 10.1. The van der Waals surface area contributed by atoms with Gasteiger partial charge in [0.25, 0.3) is 5.91 Å². The molecule has 0 spiro atoms. The number of halogens is 2. The minimum atomic E-state index is -3.09. The summed E-state index contributed by atoms with van der Waals surface area (Å²) in [6.07, 6.45) is 1.74. The molecule has 1 amide bonds. The Labute approximate surface area is 138 Å². The molecule has 0 aromatic heterocycles. The van der Waals surface area contributed by atoms with Gasteiger partial charge in [0.2, 0.25) is 0 Å². The van der Waals surface area contributed by atoms with E-state index in [-0.39, 0.29) is 17.1 Å². The van der Waals surface area contributed by atoms with Crippen LogP contribution in [0.15, 0.2) is 23.8 Å². The van der Waals surface area contributed by atoms with Gasteiger partial charge >= 0.3 is 0 Å². The summed E-state index contributed by atoms with van der Waals surface area (Å²) in [6.45, 7) is 0. The maximum Gasteiger partial charge on any atom is 0.262 e. The highest BCUT2D eigenvalue weighted by molar-refractivity contribution is 7.91. The van der Waals surface area contributed by atoms with Crippen molar-refractivity contribution in [2.24, 2.45) is 0 Å². The van der Waals surface area contributed by atoms with Gasteiger partial charge in [0.15, 0.2) is 9.84 Å². The molecule has 2 rings (SSSR count). The number of rotatable bonds is 3. The Kier molecular flexibility index (Phi) is 5.12. The smallest absolute Gasteiger partial charge is 0.262 e. The number of amides is 1. The van der Waals surface area contributed by atoms with Gasteiger partial charge in [-0.3, -0.25) is 4.79 Å². The molecule has 1 atom stereocenters. The fraction of sp³-hybridized carbons (Fsp3) is 0.286. The Morgan fingerprint density at radius 1 is 1.36 bits per heavy atom. The quantitative estimate of drug-likeness (QED) is 0.662. The molecule has 0 bridgehead atoms. The van der Waals surface area contributed by atoms with E-state index >= 15 is 0 Å². The van der Waals surface area contributed by atoms with E-state index in [0.717, 1.165) is 0 Å². The Balaban J connectivity index is 2.14. The molecular formula is C14H12Cl2N2O3S. The van der Waals surface area contributed by atoms with Gasteiger partial charge in [-0.25, -0.2) is 8.42 Å². The minimum Gasteiger partial charge on any atom is -0.348 e. The van der Waals surface area contributed by atoms with E-state index in [9.17, 15) is 13.2 Å². The van der Waals surface area contributed by atoms with Crippen molar-refractivity contribution < 1.29 is 13.2 Å². The Morgan fingerprint density at radius 3 is 2.64 bits per heavy atom. The third kappa shape index (κ3) is 4.23. The summed E-state index contributed by atoms with van der Waals surface area (Å²) < 4.78 is 22.7. The fourth-order valence-corrected chi connectivity index (χ4v) is 4.07. The van der Waals surface area contributed by atoms with E-state index in [1.807, 2.05) is 0 Å². The van der Waals surface area contributed by atoms with Crippen LogP contribution < -0.4 is 5.32 Å². The largest absolute Gasteiger partial charge is 0.348 e. The molecule has 116 valence electrons. The molecule has 1 aliphatic rings. The summed E-state index contributed by atoms with van der Waals surface area (Å²) in [7, 11) is -3.09. The van der Waals surface area contributed by atoms with E-state index in [1.54, 1.807) is 18.2 Å². The molecule has 1 N–H and O–H groups in total. The number of nitriles is 1. The topological polar surface area (TPSA) is 87.0 Å². The minimum absolute atomic E-state index is 0.0519. The van der Waals surface area contributed by atoms with Gasteiger partial charge in [0.1, 0.15) is 11.6 Å². The number of hydrogen-bond acceptors (Lipinski definition) is 4. The zero-order valence-corrected chi connectivity index (χ0v) is 13.7. The first-order valence-electron chi connectivity index (χ1n) is 6.39. The first-order valence-corrected chi connectivity index (χ1v) is 8.96. The molecule has 1 aromatic carbocycles. The summed E-state index contributed by atoms with van der Waals surface area (Å²) >= 11 is 11.7. The summed E-state index contributed by atoms with van der Waals surface area (Å²) in [5.74, 6) is -0.642. The van der Waals surface area contributed by atoms with Crippen LogP contribution in [0.5, 0.6) is 0 Å². The number of carbonyl (C=O) groups excluding carboxylic acids is 1. The predicted octanol–water partition coefficient (Wildman–Crippen LogP) is 2.20. The second kappa shape index (κ2) is 6.69. The van der Waals surface area contributed by atoms with Gasteiger partial charge in [0.05, 0.1) is 21.6 Å². The molecular weight excluding hydrogens is 347 g/mol. The normalized spacial score (nSPS) is 20.4. The lowest BCUT2D eigenvalue weighted by Gasteiger charge is -2.10. The van der Waals surface area contributed by atoms with E-state index in [2.05, 4.69) is 5.32 Å². The number of carbonyl (C=O) groups is 1. The van der Waals surface area contributed by atoms with Crippen LogP contribution in [-0.4, -0.2) is 31.9 Å². The Bertz CT molecular complexity index is 782. The van der Waals surface area contributed by atoms with Crippen molar-refractivity contribution in [3.05, 3.63) is 39.4 Å². The number of benzene rings is 1. The molecule has 1 aliphatic heterocycles. The van der Waals surface area contributed by atoms with Crippen LogP contribution in [0.25, 0.3) is 6.08 Å². The van der Waals surface area contributed by atoms with Crippen molar-refractivity contribution in [2.75, 3.05) is 11.5 Å². The lowest BCUT2D eigenvalue weighted by Crippen LogP contribution is -2.36. The van der Waals surface area contributed by atoms with Gasteiger partial charge in [0, 0.05) is 6.04 Å². The van der Waals surface area contributed by atoms with E-state index in [0.29, 0.717) is 22.0 Å². The van der Waals surface area contributed by atoms with Crippen molar-refractivity contribution in [1.29, 1.82) is 5.26 Å². The molecule has 0 aliphatic carbocycles. The van der Waals surface area contributed by atoms with Crippen LogP contribution >= 0.6 is 23.2 Å². The second-order valence-electron chi connectivity index (χ2n) is 4.92. The number of nitrogens with one attached hydrogen (secondary N) is 1. The average molecular weight is 359 g/mol. The zero-order valence-electron chi connectivity index (χ0n) is 11.3. The lowest BCUT2D eigenvalue weighted by molar-refractivity contribution is -0.117. The number of nitrogens with zero attached hydrogens (tertiary/aromatic N) is 1. The molecule has 1 unspecified atom stereocenters. The summed E-state index contributed by atoms with van der Waals surface area (Å²) in [6, 6.07) is 6.07. The van der Waals surface area contributed by atoms with E-state index < -0.39 is 21.8 Å². The van der Waals surface area contributed by atoms with Crippen LogP contribution in [0.2, 0.25) is 10.0 Å². The molecule has 5 nitrogen and oxygen atoms in total. The molecule has 1 saturated heterocycles. The number of hydrogen-bond donors (Lipinski definition) is 1. The summed E-state index contributed by atoms with van der Waals surface area (Å²) in [5.41, 5.74) is 0.433. The van der Waals surface area contributed by atoms with Gasteiger partial charge in [-0.05, 0) is 30.2 Å². The van der Waals surface area contributed by atoms with Crippen molar-refractivity contribution in [3.63, 3.8) is 0 Å². The first-order chi connectivity index (χ1) is 10.3. The summed E-state index contributed by atoms with van der Waals surface area (Å²) in [5, 5.41) is 12.4. The Morgan fingerprint density at radius 2 is 2.09 bits per heavy atom. The van der Waals surface area contributed by atoms with E-state index in [4.69, 9.17) is 28.5 Å². The van der Waals surface area contributed by atoms with Crippen LogP contribution in [0, 0.1) is 11.3 Å². The third-order valence-electron chi connectivity index (χ3n) is 3.19. The maximum absolute atomic E-state index is 12.0. The van der Waals surface area contributed by atoms with Crippen LogP contribution in [0.4, 0.5) is 0 Å². The van der Waals surface area contributed by atoms with Crippen molar-refractivity contribution in [1.82, 2.24) is 5.32 Å². The van der Waals surface area contributed by atoms with Gasteiger partial charge < -0.3 is 5.32 Å². The highest BCUT2D eigenvalue weighted by Crippen LogP contribution is 2.23. The second-order valence-corrected chi connectivity index (χ2v) is 7.96. The monoisotopic (exact) mass is 358 g/mol. The molecule has 0 saturated carbocycles. The van der Waals surface area contributed by atoms with Crippen LogP contribution in [0.1, 0.15) is 12.0 Å². The highest BCUT2D eigenvalue weighted by Gasteiger charge is 2.29. The molecule has 0 radical (unpaired) electrons. The van der Waals surface area contributed by atoms with Crippen LogP contribution in [0.3, 0.4) is 0 Å². The zero-order chi connectivity index (χ0) is 16.3. The molecule has 22 heavy (non-hydrogen) atoms. The average Bonchev–Trinajstić information content (AvgIpc) is 2.79. The van der Waals surface area contributed by atoms with E-state index in [1.165, 1.54) is 12.1 Å². The molecule has 1 aromatic rings. The van der Waals surface area contributed by atoms with Gasteiger partial charge in [-0.1, -0.05) is 29.3 Å². The van der Waals surface area contributed by atoms with Crippen LogP contribution in [-0.2, 0) is 14.6 Å². The van der Waals surface area contributed by atoms with Crippen molar-refractivity contribution in [2.45, 2.75) is 12.5 Å². The Hall–Kier alpha value is -1.55. The SMILES string of the molecule is N#C/C(=C\c1ccc(Cl)c(Cl)c1)C(=O)NC1CCS(=O)(=O)C1. The van der Waals surface area contributed by atoms with Crippen molar-refractivity contribution >= 4 is 45.0 Å². The summed E-state index contributed by atoms with van der Waals surface area (Å²) in [4.78, 5) is 12.0. The first kappa shape index (κ1) is 16.8. The van der Waals surface area contributed by atoms with Crippen molar-refractivity contribution in [3.8, 4) is 6.07 Å². The van der Waals surface area contributed by atoms with Gasteiger partial charge in [-0.2, -0.15) is 5.26 Å². The maximum atomic E-state index is 12.0. The fourth-order valence-electron chi connectivity index (χ4n) is 2.09. The number of sulfone groups is 1. The molecule has 1 heterocycles. The third-order valence-corrected chi connectivity index (χ3v) is 5.69. The standard InChI is InChI=1S/C14H12Cl2N2O3S/c15-12-2-1-9(6-13(12)16)5-10(7-17)14(19)18-11-3-4-22(20,21)8-11/h1-2,5-6,11H,3-4,8H2,(H,18,19)/b10-5+. The highest BCUT2D eigenvalue weighted by atomic mass is 35.5. The molecule has 8 heteroatoms. The molecule has 1 fully saturated rings. The van der Waals surface area contributed by atoms with Gasteiger partial charge in [-0.15, -0.1) is 0 Å². The predicted molar refractivity (Wildman–Crippen MR) is 85.3 cm³/mol.